The van der Waals surface area contributed by atoms with Crippen LogP contribution < -0.4 is 5.32 Å². The molecule has 2 nitrogen and oxygen atoms in total. The van der Waals surface area contributed by atoms with Crippen LogP contribution in [0.4, 0.5) is 0 Å². The van der Waals surface area contributed by atoms with E-state index in [1.54, 1.807) is 24.3 Å². The lowest BCUT2D eigenvalue weighted by Gasteiger charge is -2.17. The average Bonchev–Trinajstić information content (AvgIpc) is 2.75. The number of fused-ring (bicyclic) bond motifs is 1. The molecule has 1 aliphatic carbocycles. The van der Waals surface area contributed by atoms with Gasteiger partial charge < -0.3 is 5.32 Å². The van der Waals surface area contributed by atoms with Crippen LogP contribution in [0.1, 0.15) is 27.5 Å². The monoisotopic (exact) mass is 349 g/mol. The molecule has 2 unspecified atom stereocenters. The Labute approximate surface area is 131 Å². The molecule has 1 amide bonds. The summed E-state index contributed by atoms with van der Waals surface area (Å²) in [5, 5.41) is 3.65. The van der Waals surface area contributed by atoms with Gasteiger partial charge in [0, 0.05) is 15.4 Å². The van der Waals surface area contributed by atoms with Crippen molar-refractivity contribution in [1.82, 2.24) is 5.32 Å². The molecule has 102 valence electrons. The number of rotatable bonds is 2. The first-order chi connectivity index (χ1) is 9.65. The van der Waals surface area contributed by atoms with Gasteiger partial charge in [-0.05, 0) is 35.7 Å². The Bertz CT molecular complexity index is 658. The van der Waals surface area contributed by atoms with Crippen LogP contribution in [0.3, 0.4) is 0 Å². The minimum atomic E-state index is -0.0985. The van der Waals surface area contributed by atoms with Crippen LogP contribution >= 0.6 is 27.5 Å². The number of carbonyl (C=O) groups excluding carboxylic acids is 1. The van der Waals surface area contributed by atoms with Gasteiger partial charge in [-0.25, -0.2) is 0 Å². The number of amides is 1. The fourth-order valence-electron chi connectivity index (χ4n) is 2.57. The summed E-state index contributed by atoms with van der Waals surface area (Å²) in [6, 6.07) is 15.2. The number of hydrogen-bond donors (Lipinski definition) is 1. The maximum atomic E-state index is 12.3. The Morgan fingerprint density at radius 3 is 2.80 bits per heavy atom. The van der Waals surface area contributed by atoms with Crippen molar-refractivity contribution in [2.75, 3.05) is 0 Å². The summed E-state index contributed by atoms with van der Waals surface area (Å²) in [6.07, 6.45) is 0.927. The smallest absolute Gasteiger partial charge is 0.251 e. The zero-order valence-corrected chi connectivity index (χ0v) is 13.0. The van der Waals surface area contributed by atoms with Crippen molar-refractivity contribution in [3.05, 3.63) is 70.2 Å². The number of alkyl halides is 1. The van der Waals surface area contributed by atoms with E-state index in [2.05, 4.69) is 33.4 Å². The van der Waals surface area contributed by atoms with Crippen LogP contribution in [-0.2, 0) is 6.42 Å². The predicted molar refractivity (Wildman–Crippen MR) is 84.5 cm³/mol. The summed E-state index contributed by atoms with van der Waals surface area (Å²) in [5.74, 6) is -0.0985. The number of carbonyl (C=O) groups is 1. The summed E-state index contributed by atoms with van der Waals surface area (Å²) in [5.41, 5.74) is 3.05. The van der Waals surface area contributed by atoms with Gasteiger partial charge in [0.2, 0.25) is 0 Å². The van der Waals surface area contributed by atoms with Crippen molar-refractivity contribution >= 4 is 33.4 Å². The van der Waals surface area contributed by atoms with E-state index in [0.29, 0.717) is 10.6 Å². The van der Waals surface area contributed by atoms with Gasteiger partial charge >= 0.3 is 0 Å². The van der Waals surface area contributed by atoms with Gasteiger partial charge in [-0.15, -0.1) is 0 Å². The summed E-state index contributed by atoms with van der Waals surface area (Å²) in [7, 11) is 0. The Balaban J connectivity index is 1.83. The predicted octanol–water partition coefficient (Wildman–Crippen LogP) is 4.13. The molecular formula is C16H13BrClNO. The third-order valence-corrected chi connectivity index (χ3v) is 4.63. The number of nitrogens with one attached hydrogen (secondary N) is 1. The maximum absolute atomic E-state index is 12.3. The molecule has 2 atom stereocenters. The van der Waals surface area contributed by atoms with Crippen LogP contribution in [0, 0.1) is 0 Å². The van der Waals surface area contributed by atoms with Gasteiger partial charge in [0.1, 0.15) is 0 Å². The second-order valence-electron chi connectivity index (χ2n) is 4.88. The van der Waals surface area contributed by atoms with Gasteiger partial charge in [0.15, 0.2) is 0 Å². The lowest BCUT2D eigenvalue weighted by atomic mass is 10.1. The Hall–Kier alpha value is -1.32. The maximum Gasteiger partial charge on any atom is 0.251 e. The highest BCUT2D eigenvalue weighted by Gasteiger charge is 2.31. The van der Waals surface area contributed by atoms with E-state index in [0.717, 1.165) is 6.42 Å². The highest BCUT2D eigenvalue weighted by molar-refractivity contribution is 9.09. The van der Waals surface area contributed by atoms with Crippen molar-refractivity contribution < 1.29 is 4.79 Å². The highest BCUT2D eigenvalue weighted by Crippen LogP contribution is 2.35. The molecule has 2 aromatic carbocycles. The third kappa shape index (κ3) is 2.60. The normalized spacial score (nSPS) is 20.5. The highest BCUT2D eigenvalue weighted by atomic mass is 79.9. The first-order valence-electron chi connectivity index (χ1n) is 6.43. The molecule has 0 saturated heterocycles. The zero-order valence-electron chi connectivity index (χ0n) is 10.6. The largest absolute Gasteiger partial charge is 0.344 e. The van der Waals surface area contributed by atoms with E-state index < -0.39 is 0 Å². The first-order valence-corrected chi connectivity index (χ1v) is 7.73. The third-order valence-electron chi connectivity index (χ3n) is 3.54. The standard InChI is InChI=1S/C16H13BrClNO/c17-14-9-10-4-1-2-7-13(10)15(14)19-16(20)11-5-3-6-12(18)8-11/h1-8,14-15H,9H2,(H,19,20). The average molecular weight is 351 g/mol. The van der Waals surface area contributed by atoms with E-state index >= 15 is 0 Å². The molecule has 1 aliphatic rings. The lowest BCUT2D eigenvalue weighted by Crippen LogP contribution is -2.31. The Kier molecular flexibility index (Phi) is 3.81. The topological polar surface area (TPSA) is 29.1 Å². The van der Waals surface area contributed by atoms with Crippen molar-refractivity contribution in [3.63, 3.8) is 0 Å². The summed E-state index contributed by atoms with van der Waals surface area (Å²) in [6.45, 7) is 0. The van der Waals surface area contributed by atoms with Crippen LogP contribution in [0.5, 0.6) is 0 Å². The van der Waals surface area contributed by atoms with E-state index in [9.17, 15) is 4.79 Å². The van der Waals surface area contributed by atoms with Gasteiger partial charge in [-0.1, -0.05) is 57.9 Å². The molecule has 0 bridgehead atoms. The van der Waals surface area contributed by atoms with Crippen LogP contribution in [0.15, 0.2) is 48.5 Å². The lowest BCUT2D eigenvalue weighted by molar-refractivity contribution is 0.0938. The number of halogens is 2. The second-order valence-corrected chi connectivity index (χ2v) is 6.49. The van der Waals surface area contributed by atoms with Gasteiger partial charge in [0.05, 0.1) is 6.04 Å². The van der Waals surface area contributed by atoms with Gasteiger partial charge in [0.25, 0.3) is 5.91 Å². The van der Waals surface area contributed by atoms with Crippen molar-refractivity contribution in [2.24, 2.45) is 0 Å². The van der Waals surface area contributed by atoms with Crippen molar-refractivity contribution in [3.8, 4) is 0 Å². The molecule has 0 heterocycles. The van der Waals surface area contributed by atoms with Crippen molar-refractivity contribution in [2.45, 2.75) is 17.3 Å². The Morgan fingerprint density at radius 1 is 1.20 bits per heavy atom. The number of hydrogen-bond acceptors (Lipinski definition) is 1. The Morgan fingerprint density at radius 2 is 2.00 bits per heavy atom. The summed E-state index contributed by atoms with van der Waals surface area (Å²) >= 11 is 9.59. The van der Waals surface area contributed by atoms with E-state index in [4.69, 9.17) is 11.6 Å². The van der Waals surface area contributed by atoms with E-state index in [1.165, 1.54) is 11.1 Å². The molecule has 0 fully saturated rings. The van der Waals surface area contributed by atoms with Crippen LogP contribution in [0.2, 0.25) is 5.02 Å². The van der Waals surface area contributed by atoms with Crippen molar-refractivity contribution in [1.29, 1.82) is 0 Å². The van der Waals surface area contributed by atoms with Crippen LogP contribution in [0.25, 0.3) is 0 Å². The van der Waals surface area contributed by atoms with Gasteiger partial charge in [-0.3, -0.25) is 4.79 Å². The molecule has 0 aromatic heterocycles. The molecule has 20 heavy (non-hydrogen) atoms. The fourth-order valence-corrected chi connectivity index (χ4v) is 3.52. The van der Waals surface area contributed by atoms with E-state index in [-0.39, 0.29) is 16.8 Å². The molecule has 0 aliphatic heterocycles. The minimum Gasteiger partial charge on any atom is -0.344 e. The SMILES string of the molecule is O=C(NC1c2ccccc2CC1Br)c1cccc(Cl)c1. The minimum absolute atomic E-state index is 0.00215. The molecule has 3 rings (SSSR count). The summed E-state index contributed by atoms with van der Waals surface area (Å²) < 4.78 is 0. The molecule has 4 heteroatoms. The zero-order chi connectivity index (χ0) is 14.1. The molecular weight excluding hydrogens is 338 g/mol. The summed E-state index contributed by atoms with van der Waals surface area (Å²) in [4.78, 5) is 12.5. The fraction of sp³-hybridized carbons (Fsp3) is 0.188. The molecule has 2 aromatic rings. The van der Waals surface area contributed by atoms with Crippen LogP contribution in [-0.4, -0.2) is 10.7 Å². The first kappa shape index (κ1) is 13.7. The molecule has 0 spiro atoms. The molecule has 1 N–H and O–H groups in total. The second kappa shape index (κ2) is 5.58. The number of benzene rings is 2. The molecule has 0 saturated carbocycles. The molecule has 0 radical (unpaired) electrons. The van der Waals surface area contributed by atoms with E-state index in [1.807, 2.05) is 12.1 Å². The quantitative estimate of drug-likeness (QED) is 0.811. The van der Waals surface area contributed by atoms with Gasteiger partial charge in [-0.2, -0.15) is 0 Å².